The number of allylic oxidation sites excluding steroid dienone is 1. The number of carbonyl (C=O) groups excluding carboxylic acids is 1. The molecule has 6 N–H and O–H groups in total. The molecule has 1 amide bonds. The normalized spacial score (nSPS) is 19.7. The Morgan fingerprint density at radius 3 is 1.16 bits per heavy atom. The minimum absolute atomic E-state index is 0.170. The zero-order valence-corrected chi connectivity index (χ0v) is 44.2. The predicted octanol–water partition coefficient (Wildman–Crippen LogP) is 14.4. The van der Waals surface area contributed by atoms with Crippen LogP contribution in [0.2, 0.25) is 0 Å². The maximum Gasteiger partial charge on any atom is 0.220 e. The molecule has 1 aliphatic heterocycles. The van der Waals surface area contributed by atoms with E-state index in [2.05, 4.69) is 19.2 Å². The third-order valence-electron chi connectivity index (χ3n) is 14.4. The second-order valence-corrected chi connectivity index (χ2v) is 20.8. The van der Waals surface area contributed by atoms with Crippen LogP contribution in [0.15, 0.2) is 12.2 Å². The Bertz CT molecular complexity index is 1060. The summed E-state index contributed by atoms with van der Waals surface area (Å²) in [6.45, 7) is 3.82. The van der Waals surface area contributed by atoms with E-state index in [4.69, 9.17) is 9.47 Å². The van der Waals surface area contributed by atoms with Gasteiger partial charge in [0, 0.05) is 6.42 Å². The SMILES string of the molecule is CCCCCCCCCCCCCCCCCCCCCCCCCCC/C=C/C(O)C(COC1OC(CO)C(O)C(O)C1O)NC(=O)CCCCCCCCCCCCCCCCCCC. The fourth-order valence-electron chi connectivity index (χ4n) is 9.69. The number of amides is 1. The average Bonchev–Trinajstić information content (AvgIpc) is 3.33. The van der Waals surface area contributed by atoms with Gasteiger partial charge in [0.2, 0.25) is 5.91 Å². The lowest BCUT2D eigenvalue weighted by Crippen LogP contribution is -2.60. The lowest BCUT2D eigenvalue weighted by atomic mass is 9.99. The molecule has 398 valence electrons. The molecule has 0 bridgehead atoms. The Labute approximate surface area is 414 Å². The van der Waals surface area contributed by atoms with Crippen molar-refractivity contribution in [3.63, 3.8) is 0 Å². The summed E-state index contributed by atoms with van der Waals surface area (Å²) in [6.07, 6.45) is 52.8. The number of ether oxygens (including phenoxy) is 2. The largest absolute Gasteiger partial charge is 0.394 e. The number of unbranched alkanes of at least 4 members (excludes halogenated alkanes) is 41. The van der Waals surface area contributed by atoms with Gasteiger partial charge in [0.1, 0.15) is 24.4 Å². The first kappa shape index (κ1) is 63.9. The van der Waals surface area contributed by atoms with E-state index in [1.54, 1.807) is 6.08 Å². The molecule has 0 radical (unpaired) electrons. The second kappa shape index (κ2) is 48.6. The number of carbonyl (C=O) groups is 1. The van der Waals surface area contributed by atoms with E-state index in [0.29, 0.717) is 6.42 Å². The van der Waals surface area contributed by atoms with Gasteiger partial charge in [-0.15, -0.1) is 0 Å². The van der Waals surface area contributed by atoms with E-state index in [9.17, 15) is 30.3 Å². The highest BCUT2D eigenvalue weighted by Gasteiger charge is 2.44. The molecule has 9 heteroatoms. The van der Waals surface area contributed by atoms with E-state index in [1.807, 2.05) is 6.08 Å². The standard InChI is InChI=1S/C58H113NO8/c1-3-5-7-9-11-13-15-17-19-21-22-23-24-25-26-27-28-29-30-32-33-35-37-39-41-43-45-47-52(61)51(50-66-58-57(65)56(64)55(63)53(49-60)67-58)59-54(62)48-46-44-42-40-38-36-34-31-20-18-16-14-12-10-8-6-4-2/h45,47,51-53,55-58,60-61,63-65H,3-44,46,48-50H2,1-2H3,(H,59,62)/b47-45+. The molecule has 1 fully saturated rings. The van der Waals surface area contributed by atoms with Gasteiger partial charge in [0.25, 0.3) is 0 Å². The number of nitrogens with one attached hydrogen (secondary N) is 1. The van der Waals surface area contributed by atoms with Crippen molar-refractivity contribution in [3.8, 4) is 0 Å². The summed E-state index contributed by atoms with van der Waals surface area (Å²) in [6, 6.07) is -0.800. The summed E-state index contributed by atoms with van der Waals surface area (Å²) in [5.74, 6) is -0.170. The number of hydrogen-bond donors (Lipinski definition) is 6. The number of rotatable bonds is 51. The summed E-state index contributed by atoms with van der Waals surface area (Å²) in [7, 11) is 0. The molecule has 0 aromatic rings. The maximum atomic E-state index is 13.0. The third-order valence-corrected chi connectivity index (χ3v) is 14.4. The molecule has 0 aliphatic carbocycles. The first-order valence-corrected chi connectivity index (χ1v) is 29.4. The first-order chi connectivity index (χ1) is 32.8. The van der Waals surface area contributed by atoms with Crippen molar-refractivity contribution in [1.29, 1.82) is 0 Å². The third kappa shape index (κ3) is 38.3. The van der Waals surface area contributed by atoms with Gasteiger partial charge in [-0.2, -0.15) is 0 Å². The van der Waals surface area contributed by atoms with Crippen LogP contribution in [0.4, 0.5) is 0 Å². The number of aliphatic hydroxyl groups is 5. The predicted molar refractivity (Wildman–Crippen MR) is 281 cm³/mol. The molecule has 9 nitrogen and oxygen atoms in total. The summed E-state index contributed by atoms with van der Waals surface area (Å²) < 4.78 is 11.3. The van der Waals surface area contributed by atoms with Crippen molar-refractivity contribution < 1.29 is 39.8 Å². The van der Waals surface area contributed by atoms with Crippen LogP contribution in [0.1, 0.15) is 296 Å². The highest BCUT2D eigenvalue weighted by Crippen LogP contribution is 2.23. The maximum absolute atomic E-state index is 13.0. The Balaban J connectivity index is 2.19. The van der Waals surface area contributed by atoms with Crippen LogP contribution in [-0.2, 0) is 14.3 Å². The smallest absolute Gasteiger partial charge is 0.220 e. The van der Waals surface area contributed by atoms with Gasteiger partial charge >= 0.3 is 0 Å². The van der Waals surface area contributed by atoms with Crippen LogP contribution in [0, 0.1) is 0 Å². The van der Waals surface area contributed by atoms with Crippen LogP contribution in [-0.4, -0.2) is 87.5 Å². The molecule has 7 atom stereocenters. The Morgan fingerprint density at radius 1 is 0.493 bits per heavy atom. The molecule has 1 aliphatic rings. The molecule has 0 aromatic carbocycles. The molecular formula is C58H113NO8. The zero-order chi connectivity index (χ0) is 48.7. The molecule has 0 spiro atoms. The first-order valence-electron chi connectivity index (χ1n) is 29.4. The zero-order valence-electron chi connectivity index (χ0n) is 44.2. The van der Waals surface area contributed by atoms with Gasteiger partial charge in [-0.3, -0.25) is 4.79 Å². The molecule has 1 rings (SSSR count). The van der Waals surface area contributed by atoms with Gasteiger partial charge in [-0.1, -0.05) is 283 Å². The van der Waals surface area contributed by atoms with Crippen molar-refractivity contribution in [3.05, 3.63) is 12.2 Å². The van der Waals surface area contributed by atoms with Crippen molar-refractivity contribution in [2.45, 2.75) is 339 Å². The fraction of sp³-hybridized carbons (Fsp3) is 0.948. The van der Waals surface area contributed by atoms with Crippen LogP contribution in [0.25, 0.3) is 0 Å². The number of aliphatic hydroxyl groups excluding tert-OH is 5. The van der Waals surface area contributed by atoms with Gasteiger partial charge < -0.3 is 40.3 Å². The Kier molecular flexibility index (Phi) is 46.3. The summed E-state index contributed by atoms with van der Waals surface area (Å²) in [5, 5.41) is 54.5. The molecule has 7 unspecified atom stereocenters. The van der Waals surface area contributed by atoms with Crippen molar-refractivity contribution in [2.75, 3.05) is 13.2 Å². The monoisotopic (exact) mass is 952 g/mol. The Hall–Kier alpha value is -1.07. The van der Waals surface area contributed by atoms with E-state index >= 15 is 0 Å². The van der Waals surface area contributed by atoms with E-state index in [0.717, 1.165) is 38.5 Å². The second-order valence-electron chi connectivity index (χ2n) is 20.8. The fourth-order valence-corrected chi connectivity index (χ4v) is 9.69. The van der Waals surface area contributed by atoms with Crippen LogP contribution < -0.4 is 5.32 Å². The van der Waals surface area contributed by atoms with E-state index in [1.165, 1.54) is 238 Å². The molecule has 1 saturated heterocycles. The quantitative estimate of drug-likeness (QED) is 0.0261. The van der Waals surface area contributed by atoms with Gasteiger partial charge in [-0.05, 0) is 19.3 Å². The summed E-state index contributed by atoms with van der Waals surface area (Å²) >= 11 is 0. The van der Waals surface area contributed by atoms with Gasteiger partial charge in [0.15, 0.2) is 6.29 Å². The molecule has 67 heavy (non-hydrogen) atoms. The lowest BCUT2D eigenvalue weighted by Gasteiger charge is -2.40. The van der Waals surface area contributed by atoms with Crippen LogP contribution in [0.5, 0.6) is 0 Å². The average molecular weight is 953 g/mol. The van der Waals surface area contributed by atoms with Crippen LogP contribution >= 0.6 is 0 Å². The van der Waals surface area contributed by atoms with E-state index < -0.39 is 49.5 Å². The molecular weight excluding hydrogens is 839 g/mol. The number of hydrogen-bond acceptors (Lipinski definition) is 8. The van der Waals surface area contributed by atoms with Crippen molar-refractivity contribution >= 4 is 5.91 Å². The molecule has 1 heterocycles. The Morgan fingerprint density at radius 2 is 0.821 bits per heavy atom. The van der Waals surface area contributed by atoms with Crippen LogP contribution in [0.3, 0.4) is 0 Å². The summed E-state index contributed by atoms with van der Waals surface area (Å²) in [4.78, 5) is 13.0. The molecule has 0 aromatic heterocycles. The van der Waals surface area contributed by atoms with Crippen molar-refractivity contribution in [1.82, 2.24) is 5.32 Å². The topological polar surface area (TPSA) is 149 Å². The lowest BCUT2D eigenvalue weighted by molar-refractivity contribution is -0.302. The molecule has 0 saturated carbocycles. The highest BCUT2D eigenvalue weighted by molar-refractivity contribution is 5.76. The minimum Gasteiger partial charge on any atom is -0.394 e. The van der Waals surface area contributed by atoms with Gasteiger partial charge in [-0.25, -0.2) is 0 Å². The highest BCUT2D eigenvalue weighted by atomic mass is 16.7. The minimum atomic E-state index is -1.56. The summed E-state index contributed by atoms with van der Waals surface area (Å²) in [5.41, 5.74) is 0. The van der Waals surface area contributed by atoms with Crippen molar-refractivity contribution in [2.24, 2.45) is 0 Å². The van der Waals surface area contributed by atoms with Gasteiger partial charge in [0.05, 0.1) is 25.4 Å². The van der Waals surface area contributed by atoms with E-state index in [-0.39, 0.29) is 12.5 Å².